The van der Waals surface area contributed by atoms with E-state index in [1.54, 1.807) is 6.07 Å². The number of imidazole rings is 1. The van der Waals surface area contributed by atoms with Gasteiger partial charge in [0.05, 0.1) is 23.6 Å². The molecule has 6 heteroatoms. The van der Waals surface area contributed by atoms with Gasteiger partial charge in [0.25, 0.3) is 0 Å². The Kier molecular flexibility index (Phi) is 4.43. The summed E-state index contributed by atoms with van der Waals surface area (Å²) in [5.74, 6) is 0.904. The molecule has 0 saturated carbocycles. The molecule has 0 aliphatic carbocycles. The molecule has 0 amide bonds. The number of nitrogens with zero attached hydrogens (tertiary/aromatic N) is 3. The van der Waals surface area contributed by atoms with E-state index in [-0.39, 0.29) is 11.5 Å². The lowest BCUT2D eigenvalue weighted by Gasteiger charge is -2.36. The van der Waals surface area contributed by atoms with Crippen LogP contribution in [0.3, 0.4) is 0 Å². The topological polar surface area (TPSA) is 51.3 Å². The number of anilines is 1. The van der Waals surface area contributed by atoms with Gasteiger partial charge in [-0.1, -0.05) is 39.7 Å². The van der Waals surface area contributed by atoms with Crippen molar-refractivity contribution in [2.75, 3.05) is 11.4 Å². The lowest BCUT2D eigenvalue weighted by molar-refractivity contribution is 0.517. The molecule has 0 radical (unpaired) electrons. The normalized spacial score (nSPS) is 15.9. The second kappa shape index (κ2) is 7.35. The van der Waals surface area contributed by atoms with Crippen molar-refractivity contribution in [1.82, 2.24) is 9.55 Å². The molecule has 0 spiro atoms. The van der Waals surface area contributed by atoms with Crippen LogP contribution in [0.5, 0.6) is 0 Å². The minimum absolute atomic E-state index is 0.0757. The maximum absolute atomic E-state index is 12.5. The molecule has 5 nitrogen and oxygen atoms in total. The highest BCUT2D eigenvalue weighted by Crippen LogP contribution is 2.37. The average Bonchev–Trinajstić information content (AvgIpc) is 3.17. The Balaban J connectivity index is 1.60. The fraction of sp³-hybridized carbons (Fsp3) is 0.154. The number of benzene rings is 3. The van der Waals surface area contributed by atoms with Gasteiger partial charge in [0.1, 0.15) is 11.4 Å². The van der Waals surface area contributed by atoms with Crippen LogP contribution < -0.4 is 10.5 Å². The Hall–Kier alpha value is -3.38. The number of para-hydroxylation sites is 2. The van der Waals surface area contributed by atoms with Gasteiger partial charge in [-0.3, -0.25) is 0 Å². The first kappa shape index (κ1) is 19.3. The molecule has 1 unspecified atom stereocenters. The number of aryl methyl sites for hydroxylation is 1. The van der Waals surface area contributed by atoms with Crippen molar-refractivity contribution in [3.8, 4) is 0 Å². The van der Waals surface area contributed by atoms with Crippen molar-refractivity contribution in [3.05, 3.63) is 105 Å². The Morgan fingerprint density at radius 1 is 1.03 bits per heavy atom. The molecule has 1 aliphatic heterocycles. The van der Waals surface area contributed by atoms with Gasteiger partial charge in [-0.05, 0) is 61.0 Å². The molecule has 0 bridgehead atoms. The maximum atomic E-state index is 12.5. The zero-order chi connectivity index (χ0) is 21.8. The summed E-state index contributed by atoms with van der Waals surface area (Å²) in [5, 5.41) is 0.964. The summed E-state index contributed by atoms with van der Waals surface area (Å²) in [7, 11) is 0. The molecule has 1 aliphatic rings. The Morgan fingerprint density at radius 3 is 2.69 bits per heavy atom. The van der Waals surface area contributed by atoms with Crippen molar-refractivity contribution in [1.29, 1.82) is 0 Å². The Bertz CT molecular complexity index is 1540. The largest absolute Gasteiger partial charge is 0.423 e. The fourth-order valence-corrected chi connectivity index (χ4v) is 4.97. The molecule has 3 aromatic carbocycles. The van der Waals surface area contributed by atoms with Crippen LogP contribution in [0.4, 0.5) is 5.69 Å². The third kappa shape index (κ3) is 3.14. The van der Waals surface area contributed by atoms with Gasteiger partial charge in [0.2, 0.25) is 0 Å². The highest BCUT2D eigenvalue weighted by Gasteiger charge is 2.31. The van der Waals surface area contributed by atoms with E-state index in [9.17, 15) is 4.79 Å². The van der Waals surface area contributed by atoms with E-state index >= 15 is 0 Å². The molecule has 0 N–H and O–H groups in total. The van der Waals surface area contributed by atoms with Gasteiger partial charge in [-0.15, -0.1) is 0 Å². The molecule has 6 rings (SSSR count). The second-order valence-electron chi connectivity index (χ2n) is 8.30. The van der Waals surface area contributed by atoms with Crippen LogP contribution in [-0.4, -0.2) is 16.1 Å². The van der Waals surface area contributed by atoms with Crippen LogP contribution in [0, 0.1) is 6.92 Å². The zero-order valence-corrected chi connectivity index (χ0v) is 19.0. The standard InChI is InChI=1S/C26H20BrN3O2/c1-16-6-11-24-20(12-16)19(13-25(31)32-24)21-14-29(18-9-7-17(27)8-10-18)15-30-23-5-3-2-4-22(23)28-26(21)30/h2-13,21H,14-15H2,1H3. The molecule has 0 fully saturated rings. The molecular weight excluding hydrogens is 466 g/mol. The van der Waals surface area contributed by atoms with E-state index in [4.69, 9.17) is 9.40 Å². The number of hydrogen-bond donors (Lipinski definition) is 0. The molecule has 3 heterocycles. The third-order valence-corrected chi connectivity index (χ3v) is 6.74. The Morgan fingerprint density at radius 2 is 1.84 bits per heavy atom. The van der Waals surface area contributed by atoms with Gasteiger partial charge in [-0.2, -0.15) is 0 Å². The third-order valence-electron chi connectivity index (χ3n) is 6.21. The summed E-state index contributed by atoms with van der Waals surface area (Å²) in [6.07, 6.45) is 0. The predicted molar refractivity (Wildman–Crippen MR) is 130 cm³/mol. The first-order valence-electron chi connectivity index (χ1n) is 10.6. The van der Waals surface area contributed by atoms with Gasteiger partial charge in [-0.25, -0.2) is 9.78 Å². The molecule has 1 atom stereocenters. The van der Waals surface area contributed by atoms with Crippen LogP contribution in [0.15, 0.2) is 86.5 Å². The minimum atomic E-state index is -0.334. The monoisotopic (exact) mass is 485 g/mol. The summed E-state index contributed by atoms with van der Waals surface area (Å²) in [6.45, 7) is 3.47. The van der Waals surface area contributed by atoms with Crippen molar-refractivity contribution in [2.45, 2.75) is 19.5 Å². The van der Waals surface area contributed by atoms with E-state index in [1.165, 1.54) is 0 Å². The molecule has 32 heavy (non-hydrogen) atoms. The van der Waals surface area contributed by atoms with E-state index in [2.05, 4.69) is 68.7 Å². The fourth-order valence-electron chi connectivity index (χ4n) is 4.70. The number of aromatic nitrogens is 2. The molecular formula is C26H20BrN3O2. The number of halogens is 1. The van der Waals surface area contributed by atoms with E-state index in [1.807, 2.05) is 30.3 Å². The quantitative estimate of drug-likeness (QED) is 0.295. The highest BCUT2D eigenvalue weighted by atomic mass is 79.9. The van der Waals surface area contributed by atoms with Gasteiger partial charge < -0.3 is 13.9 Å². The van der Waals surface area contributed by atoms with Gasteiger partial charge in [0.15, 0.2) is 0 Å². The number of fused-ring (bicyclic) bond motifs is 4. The second-order valence-corrected chi connectivity index (χ2v) is 9.22. The Labute approximate surface area is 193 Å². The van der Waals surface area contributed by atoms with Gasteiger partial charge in [0, 0.05) is 28.2 Å². The van der Waals surface area contributed by atoms with Crippen molar-refractivity contribution < 1.29 is 4.42 Å². The van der Waals surface area contributed by atoms with Crippen molar-refractivity contribution in [2.24, 2.45) is 0 Å². The molecule has 158 valence electrons. The van der Waals surface area contributed by atoms with Crippen molar-refractivity contribution in [3.63, 3.8) is 0 Å². The smallest absolute Gasteiger partial charge is 0.336 e. The van der Waals surface area contributed by atoms with Gasteiger partial charge >= 0.3 is 5.63 Å². The molecule has 5 aromatic rings. The lowest BCUT2D eigenvalue weighted by atomic mass is 9.92. The van der Waals surface area contributed by atoms with Crippen LogP contribution in [0.2, 0.25) is 0 Å². The predicted octanol–water partition coefficient (Wildman–Crippen LogP) is 5.82. The highest BCUT2D eigenvalue weighted by molar-refractivity contribution is 9.10. The SMILES string of the molecule is Cc1ccc2oc(=O)cc(C3CN(c4ccc(Br)cc4)Cn4c3nc3ccccc34)c2c1. The number of rotatable bonds is 2. The van der Waals surface area contributed by atoms with Crippen LogP contribution in [0.25, 0.3) is 22.0 Å². The van der Waals surface area contributed by atoms with E-state index in [0.29, 0.717) is 12.3 Å². The van der Waals surface area contributed by atoms with Crippen LogP contribution >= 0.6 is 15.9 Å². The molecule has 2 aromatic heterocycles. The lowest BCUT2D eigenvalue weighted by Crippen LogP contribution is -2.38. The average molecular weight is 486 g/mol. The summed E-state index contributed by atoms with van der Waals surface area (Å²) in [4.78, 5) is 19.8. The first-order chi connectivity index (χ1) is 15.6. The van der Waals surface area contributed by atoms with Crippen LogP contribution in [-0.2, 0) is 6.67 Å². The number of hydrogen-bond acceptors (Lipinski definition) is 4. The summed E-state index contributed by atoms with van der Waals surface area (Å²) in [6, 6.07) is 24.1. The van der Waals surface area contributed by atoms with Crippen LogP contribution in [0.1, 0.15) is 22.9 Å². The van der Waals surface area contributed by atoms with E-state index < -0.39 is 0 Å². The summed E-state index contributed by atoms with van der Waals surface area (Å²) < 4.78 is 8.83. The first-order valence-corrected chi connectivity index (χ1v) is 11.4. The van der Waals surface area contributed by atoms with E-state index in [0.717, 1.165) is 50.1 Å². The minimum Gasteiger partial charge on any atom is -0.423 e. The summed E-state index contributed by atoms with van der Waals surface area (Å²) >= 11 is 3.53. The maximum Gasteiger partial charge on any atom is 0.336 e. The molecule has 0 saturated heterocycles. The summed E-state index contributed by atoms with van der Waals surface area (Å²) in [5.41, 5.74) is 5.55. The zero-order valence-electron chi connectivity index (χ0n) is 17.5. The van der Waals surface area contributed by atoms with Crippen molar-refractivity contribution >= 4 is 43.6 Å².